The summed E-state index contributed by atoms with van der Waals surface area (Å²) in [5.41, 5.74) is 0.606. The predicted molar refractivity (Wildman–Crippen MR) is 73.0 cm³/mol. The standard InChI is InChI=1S/C14H19F2NS/c1-2-17-13(14-4-3-7-18-14)8-10-5-6-11(15)9-12(10)16/h5-6,9,13-14,17H,2-4,7-8H2,1H3. The fourth-order valence-electron chi connectivity index (χ4n) is 2.44. The molecule has 1 saturated heterocycles. The molecule has 1 aliphatic heterocycles. The van der Waals surface area contributed by atoms with Crippen molar-refractivity contribution in [3.63, 3.8) is 0 Å². The summed E-state index contributed by atoms with van der Waals surface area (Å²) in [5, 5.41) is 3.98. The molecule has 1 nitrogen and oxygen atoms in total. The van der Waals surface area contributed by atoms with Gasteiger partial charge < -0.3 is 5.32 Å². The molecule has 2 rings (SSSR count). The summed E-state index contributed by atoms with van der Waals surface area (Å²) in [6.45, 7) is 2.94. The molecule has 2 atom stereocenters. The first-order valence-electron chi connectivity index (χ1n) is 6.49. The largest absolute Gasteiger partial charge is 0.313 e. The van der Waals surface area contributed by atoms with Crippen LogP contribution in [0.2, 0.25) is 0 Å². The highest BCUT2D eigenvalue weighted by molar-refractivity contribution is 8.00. The van der Waals surface area contributed by atoms with Crippen LogP contribution in [0.1, 0.15) is 25.3 Å². The molecule has 4 heteroatoms. The lowest BCUT2D eigenvalue weighted by molar-refractivity contribution is 0.481. The minimum atomic E-state index is -0.508. The van der Waals surface area contributed by atoms with Gasteiger partial charge in [0, 0.05) is 17.4 Å². The van der Waals surface area contributed by atoms with Gasteiger partial charge in [-0.2, -0.15) is 11.8 Å². The first-order valence-corrected chi connectivity index (χ1v) is 7.54. The fraction of sp³-hybridized carbons (Fsp3) is 0.571. The van der Waals surface area contributed by atoms with Gasteiger partial charge in [0.05, 0.1) is 0 Å². The quantitative estimate of drug-likeness (QED) is 0.881. The number of benzene rings is 1. The Morgan fingerprint density at radius 2 is 2.28 bits per heavy atom. The zero-order valence-electron chi connectivity index (χ0n) is 10.6. The topological polar surface area (TPSA) is 12.0 Å². The molecule has 1 N–H and O–H groups in total. The van der Waals surface area contributed by atoms with Gasteiger partial charge in [0.15, 0.2) is 0 Å². The third-order valence-corrected chi connectivity index (χ3v) is 4.85. The molecule has 0 radical (unpaired) electrons. The summed E-state index contributed by atoms with van der Waals surface area (Å²) in [6, 6.07) is 4.15. The number of hydrogen-bond acceptors (Lipinski definition) is 2. The van der Waals surface area contributed by atoms with Crippen LogP contribution in [0.15, 0.2) is 18.2 Å². The molecule has 18 heavy (non-hydrogen) atoms. The van der Waals surface area contributed by atoms with Gasteiger partial charge in [-0.1, -0.05) is 13.0 Å². The normalized spacial score (nSPS) is 21.2. The van der Waals surface area contributed by atoms with E-state index in [9.17, 15) is 8.78 Å². The summed E-state index contributed by atoms with van der Waals surface area (Å²) in [6.07, 6.45) is 3.06. The molecule has 0 amide bonds. The lowest BCUT2D eigenvalue weighted by Gasteiger charge is -2.24. The second kappa shape index (κ2) is 6.53. The number of thioether (sulfide) groups is 1. The van der Waals surface area contributed by atoms with Crippen LogP contribution < -0.4 is 5.32 Å². The number of hydrogen-bond donors (Lipinski definition) is 1. The Bertz CT molecular complexity index is 391. The number of rotatable bonds is 5. The maximum atomic E-state index is 13.7. The van der Waals surface area contributed by atoms with E-state index < -0.39 is 11.6 Å². The molecule has 0 aromatic heterocycles. The first kappa shape index (κ1) is 13.8. The van der Waals surface area contributed by atoms with E-state index in [1.807, 2.05) is 11.8 Å². The van der Waals surface area contributed by atoms with Crippen molar-refractivity contribution in [1.29, 1.82) is 0 Å². The van der Waals surface area contributed by atoms with Crippen LogP contribution in [0.25, 0.3) is 0 Å². The minimum Gasteiger partial charge on any atom is -0.313 e. The maximum absolute atomic E-state index is 13.7. The molecule has 1 aliphatic rings. The van der Waals surface area contributed by atoms with Gasteiger partial charge in [-0.05, 0) is 43.2 Å². The van der Waals surface area contributed by atoms with Gasteiger partial charge in [-0.15, -0.1) is 0 Å². The van der Waals surface area contributed by atoms with Crippen molar-refractivity contribution >= 4 is 11.8 Å². The summed E-state index contributed by atoms with van der Waals surface area (Å²) >= 11 is 1.96. The molecule has 1 heterocycles. The molecule has 0 bridgehead atoms. The van der Waals surface area contributed by atoms with E-state index in [0.29, 0.717) is 17.2 Å². The van der Waals surface area contributed by atoms with Crippen LogP contribution in [0.4, 0.5) is 8.78 Å². The van der Waals surface area contributed by atoms with E-state index in [1.165, 1.54) is 24.7 Å². The van der Waals surface area contributed by atoms with Gasteiger partial charge in [0.2, 0.25) is 0 Å². The Labute approximate surface area is 111 Å². The Kier molecular flexibility index (Phi) is 5.01. The smallest absolute Gasteiger partial charge is 0.129 e. The average molecular weight is 271 g/mol. The van der Waals surface area contributed by atoms with E-state index in [-0.39, 0.29) is 6.04 Å². The molecule has 1 aromatic rings. The van der Waals surface area contributed by atoms with Crippen molar-refractivity contribution in [2.75, 3.05) is 12.3 Å². The second-order valence-electron chi connectivity index (χ2n) is 4.66. The van der Waals surface area contributed by atoms with E-state index in [1.54, 1.807) is 6.07 Å². The van der Waals surface area contributed by atoms with Gasteiger partial charge in [0.25, 0.3) is 0 Å². The highest BCUT2D eigenvalue weighted by Gasteiger charge is 2.25. The van der Waals surface area contributed by atoms with Crippen LogP contribution in [0.5, 0.6) is 0 Å². The van der Waals surface area contributed by atoms with E-state index in [4.69, 9.17) is 0 Å². The van der Waals surface area contributed by atoms with Crippen LogP contribution in [0.3, 0.4) is 0 Å². The lowest BCUT2D eigenvalue weighted by atomic mass is 10.00. The lowest BCUT2D eigenvalue weighted by Crippen LogP contribution is -2.39. The molecule has 2 unspecified atom stereocenters. The van der Waals surface area contributed by atoms with Crippen molar-refractivity contribution in [1.82, 2.24) is 5.32 Å². The van der Waals surface area contributed by atoms with Crippen molar-refractivity contribution in [3.05, 3.63) is 35.4 Å². The number of nitrogens with one attached hydrogen (secondary N) is 1. The molecule has 100 valence electrons. The van der Waals surface area contributed by atoms with Crippen LogP contribution in [-0.4, -0.2) is 23.6 Å². The Morgan fingerprint density at radius 1 is 1.44 bits per heavy atom. The van der Waals surface area contributed by atoms with Crippen LogP contribution >= 0.6 is 11.8 Å². The van der Waals surface area contributed by atoms with E-state index in [2.05, 4.69) is 12.2 Å². The van der Waals surface area contributed by atoms with E-state index in [0.717, 1.165) is 12.6 Å². The molecular weight excluding hydrogens is 252 g/mol. The molecule has 0 aliphatic carbocycles. The summed E-state index contributed by atoms with van der Waals surface area (Å²) in [7, 11) is 0. The minimum absolute atomic E-state index is 0.280. The van der Waals surface area contributed by atoms with Crippen molar-refractivity contribution in [3.8, 4) is 0 Å². The maximum Gasteiger partial charge on any atom is 0.129 e. The Balaban J connectivity index is 2.07. The summed E-state index contributed by atoms with van der Waals surface area (Å²) in [5.74, 6) is 0.255. The zero-order valence-corrected chi connectivity index (χ0v) is 11.4. The van der Waals surface area contributed by atoms with Gasteiger partial charge in [-0.25, -0.2) is 8.78 Å². The van der Waals surface area contributed by atoms with Gasteiger partial charge in [0.1, 0.15) is 11.6 Å². The van der Waals surface area contributed by atoms with Crippen molar-refractivity contribution < 1.29 is 8.78 Å². The number of halogens is 2. The Hall–Kier alpha value is -0.610. The highest BCUT2D eigenvalue weighted by Crippen LogP contribution is 2.30. The van der Waals surface area contributed by atoms with E-state index >= 15 is 0 Å². The average Bonchev–Trinajstić information content (AvgIpc) is 2.85. The number of likely N-dealkylation sites (N-methyl/N-ethyl adjacent to an activating group) is 1. The predicted octanol–water partition coefficient (Wildman–Crippen LogP) is 3.38. The van der Waals surface area contributed by atoms with Gasteiger partial charge >= 0.3 is 0 Å². The third kappa shape index (κ3) is 3.45. The third-order valence-electron chi connectivity index (χ3n) is 3.33. The fourth-order valence-corrected chi connectivity index (χ4v) is 3.84. The molecule has 0 saturated carbocycles. The van der Waals surface area contributed by atoms with Gasteiger partial charge in [-0.3, -0.25) is 0 Å². The molecule has 0 spiro atoms. The first-order chi connectivity index (χ1) is 8.70. The Morgan fingerprint density at radius 3 is 2.89 bits per heavy atom. The summed E-state index contributed by atoms with van der Waals surface area (Å²) < 4.78 is 26.5. The molecule has 1 aromatic carbocycles. The SMILES string of the molecule is CCNC(Cc1ccc(F)cc1F)C1CCCS1. The van der Waals surface area contributed by atoms with Crippen LogP contribution in [0, 0.1) is 11.6 Å². The second-order valence-corrected chi connectivity index (χ2v) is 6.00. The monoisotopic (exact) mass is 271 g/mol. The van der Waals surface area contributed by atoms with Crippen molar-refractivity contribution in [2.24, 2.45) is 0 Å². The highest BCUT2D eigenvalue weighted by atomic mass is 32.2. The zero-order chi connectivity index (χ0) is 13.0. The molecule has 1 fully saturated rings. The summed E-state index contributed by atoms with van der Waals surface area (Å²) in [4.78, 5) is 0. The molecular formula is C14H19F2NS. The van der Waals surface area contributed by atoms with Crippen LogP contribution in [-0.2, 0) is 6.42 Å². The van der Waals surface area contributed by atoms with Crippen molar-refractivity contribution in [2.45, 2.75) is 37.5 Å².